The van der Waals surface area contributed by atoms with Crippen molar-refractivity contribution >= 4 is 34.6 Å². The molecule has 1 atom stereocenters. The number of benzene rings is 2. The van der Waals surface area contributed by atoms with Gasteiger partial charge in [-0.25, -0.2) is 4.98 Å². The van der Waals surface area contributed by atoms with Crippen molar-refractivity contribution in [1.82, 2.24) is 30.5 Å². The SMILES string of the molecule is O=C(NC(CSc1ccccc1)C(=O)NCCN1CCOCC1)c1ccc2nc(-c3ccncc3)[nH]c2c1. The van der Waals surface area contributed by atoms with Crippen LogP contribution in [0.25, 0.3) is 22.4 Å². The van der Waals surface area contributed by atoms with Crippen LogP contribution < -0.4 is 10.6 Å². The Bertz CT molecular complexity index is 1360. The van der Waals surface area contributed by atoms with Crippen molar-refractivity contribution in [3.63, 3.8) is 0 Å². The van der Waals surface area contributed by atoms with Gasteiger partial charge in [-0.15, -0.1) is 11.8 Å². The Morgan fingerprint density at radius 1 is 1.05 bits per heavy atom. The van der Waals surface area contributed by atoms with Crippen LogP contribution in [0.3, 0.4) is 0 Å². The molecule has 2 aromatic heterocycles. The molecule has 3 N–H and O–H groups in total. The third kappa shape index (κ3) is 6.77. The number of pyridine rings is 1. The van der Waals surface area contributed by atoms with Gasteiger partial charge in [-0.2, -0.15) is 0 Å². The summed E-state index contributed by atoms with van der Waals surface area (Å²) >= 11 is 1.54. The molecule has 5 rings (SSSR count). The van der Waals surface area contributed by atoms with Crippen LogP contribution in [0.2, 0.25) is 0 Å². The van der Waals surface area contributed by atoms with Crippen LogP contribution in [0.5, 0.6) is 0 Å². The monoisotopic (exact) mass is 530 g/mol. The minimum absolute atomic E-state index is 0.197. The zero-order valence-corrected chi connectivity index (χ0v) is 21.7. The van der Waals surface area contributed by atoms with E-state index in [1.165, 1.54) is 11.8 Å². The van der Waals surface area contributed by atoms with Gasteiger partial charge in [0.2, 0.25) is 5.91 Å². The summed E-state index contributed by atoms with van der Waals surface area (Å²) in [5.41, 5.74) is 2.87. The van der Waals surface area contributed by atoms with E-state index in [0.717, 1.165) is 41.1 Å². The van der Waals surface area contributed by atoms with Gasteiger partial charge in [-0.3, -0.25) is 19.5 Å². The topological polar surface area (TPSA) is 112 Å². The fourth-order valence-electron chi connectivity index (χ4n) is 4.20. The van der Waals surface area contributed by atoms with E-state index in [1.54, 1.807) is 24.5 Å². The molecule has 2 aromatic carbocycles. The molecule has 0 bridgehead atoms. The van der Waals surface area contributed by atoms with Crippen molar-refractivity contribution in [2.75, 3.05) is 45.1 Å². The molecule has 1 fully saturated rings. The number of imidazole rings is 1. The molecule has 2 amide bonds. The van der Waals surface area contributed by atoms with E-state index in [9.17, 15) is 9.59 Å². The summed E-state index contributed by atoms with van der Waals surface area (Å²) in [6, 6.07) is 18.2. The number of nitrogens with zero attached hydrogens (tertiary/aromatic N) is 3. The Hall–Kier alpha value is -3.73. The van der Waals surface area contributed by atoms with Crippen molar-refractivity contribution in [2.24, 2.45) is 0 Å². The number of hydrogen-bond acceptors (Lipinski definition) is 7. The number of ether oxygens (including phenoxy) is 1. The molecule has 0 saturated carbocycles. The number of fused-ring (bicyclic) bond motifs is 1. The molecule has 1 aliphatic rings. The van der Waals surface area contributed by atoms with Crippen molar-refractivity contribution in [3.05, 3.63) is 78.6 Å². The zero-order chi connectivity index (χ0) is 26.2. The number of aromatic amines is 1. The Balaban J connectivity index is 1.26. The van der Waals surface area contributed by atoms with E-state index in [4.69, 9.17) is 4.74 Å². The summed E-state index contributed by atoms with van der Waals surface area (Å²) in [5, 5.41) is 5.95. The van der Waals surface area contributed by atoms with E-state index < -0.39 is 6.04 Å². The van der Waals surface area contributed by atoms with Gasteiger partial charge in [0.15, 0.2) is 0 Å². The van der Waals surface area contributed by atoms with Gasteiger partial charge in [-0.1, -0.05) is 18.2 Å². The van der Waals surface area contributed by atoms with Crippen LogP contribution in [0.15, 0.2) is 78.0 Å². The lowest BCUT2D eigenvalue weighted by Crippen LogP contribution is -2.50. The quantitative estimate of drug-likeness (QED) is 0.270. The second-order valence-corrected chi connectivity index (χ2v) is 10.0. The number of carbonyl (C=O) groups excluding carboxylic acids is 2. The Labute approximate surface area is 225 Å². The highest BCUT2D eigenvalue weighted by Gasteiger charge is 2.22. The number of aromatic nitrogens is 3. The van der Waals surface area contributed by atoms with Crippen LogP contribution in [0, 0.1) is 0 Å². The second-order valence-electron chi connectivity index (χ2n) is 8.95. The lowest BCUT2D eigenvalue weighted by Gasteiger charge is -2.27. The molecule has 10 heteroatoms. The lowest BCUT2D eigenvalue weighted by molar-refractivity contribution is -0.122. The third-order valence-electron chi connectivity index (χ3n) is 6.31. The minimum atomic E-state index is -0.692. The molecule has 3 heterocycles. The van der Waals surface area contributed by atoms with Crippen LogP contribution >= 0.6 is 11.8 Å². The van der Waals surface area contributed by atoms with Gasteiger partial charge in [-0.05, 0) is 42.5 Å². The van der Waals surface area contributed by atoms with Crippen molar-refractivity contribution in [2.45, 2.75) is 10.9 Å². The van der Waals surface area contributed by atoms with Gasteiger partial charge in [0.25, 0.3) is 5.91 Å². The summed E-state index contributed by atoms with van der Waals surface area (Å²) in [7, 11) is 0. The number of thioether (sulfide) groups is 1. The van der Waals surface area contributed by atoms with Crippen LogP contribution in [-0.4, -0.2) is 82.9 Å². The maximum absolute atomic E-state index is 13.2. The second kappa shape index (κ2) is 12.7. The molecule has 1 unspecified atom stereocenters. The lowest BCUT2D eigenvalue weighted by atomic mass is 10.1. The van der Waals surface area contributed by atoms with Gasteiger partial charge < -0.3 is 20.4 Å². The van der Waals surface area contributed by atoms with Crippen molar-refractivity contribution < 1.29 is 14.3 Å². The summed E-state index contributed by atoms with van der Waals surface area (Å²) < 4.78 is 5.39. The molecule has 9 nitrogen and oxygen atoms in total. The highest BCUT2D eigenvalue weighted by atomic mass is 32.2. The summed E-state index contributed by atoms with van der Waals surface area (Å²) in [5.74, 6) is 0.612. The van der Waals surface area contributed by atoms with E-state index >= 15 is 0 Å². The molecule has 0 radical (unpaired) electrons. The molecule has 1 aliphatic heterocycles. The Morgan fingerprint density at radius 3 is 2.63 bits per heavy atom. The first kappa shape index (κ1) is 25.9. The Morgan fingerprint density at radius 2 is 1.84 bits per heavy atom. The number of carbonyl (C=O) groups is 2. The van der Waals surface area contributed by atoms with Crippen LogP contribution in [-0.2, 0) is 9.53 Å². The molecular weight excluding hydrogens is 500 g/mol. The van der Waals surface area contributed by atoms with E-state index in [1.807, 2.05) is 48.5 Å². The zero-order valence-electron chi connectivity index (χ0n) is 20.9. The fraction of sp³-hybridized carbons (Fsp3) is 0.286. The molecule has 0 spiro atoms. The molecule has 1 saturated heterocycles. The first-order valence-electron chi connectivity index (χ1n) is 12.6. The number of morpholine rings is 1. The maximum atomic E-state index is 13.2. The van der Waals surface area contributed by atoms with Crippen molar-refractivity contribution in [1.29, 1.82) is 0 Å². The van der Waals surface area contributed by atoms with Crippen LogP contribution in [0.4, 0.5) is 0 Å². The maximum Gasteiger partial charge on any atom is 0.252 e. The van der Waals surface area contributed by atoms with E-state index in [-0.39, 0.29) is 11.8 Å². The molecule has 0 aliphatic carbocycles. The Kier molecular flexibility index (Phi) is 8.64. The number of H-pyrrole nitrogens is 1. The van der Waals surface area contributed by atoms with Gasteiger partial charge >= 0.3 is 0 Å². The molecule has 38 heavy (non-hydrogen) atoms. The normalized spacial score (nSPS) is 14.7. The largest absolute Gasteiger partial charge is 0.379 e. The van der Waals surface area contributed by atoms with E-state index in [2.05, 4.69) is 30.5 Å². The average molecular weight is 531 g/mol. The van der Waals surface area contributed by atoms with Crippen LogP contribution in [0.1, 0.15) is 10.4 Å². The first-order valence-corrected chi connectivity index (χ1v) is 13.6. The summed E-state index contributed by atoms with van der Waals surface area (Å²) in [4.78, 5) is 41.6. The molecular formula is C28H30N6O3S. The van der Waals surface area contributed by atoms with Gasteiger partial charge in [0, 0.05) is 60.3 Å². The number of rotatable bonds is 10. The summed E-state index contributed by atoms with van der Waals surface area (Å²) in [6.45, 7) is 4.41. The van der Waals surface area contributed by atoms with E-state index in [0.29, 0.717) is 36.9 Å². The van der Waals surface area contributed by atoms with Gasteiger partial charge in [0.1, 0.15) is 11.9 Å². The molecule has 196 valence electrons. The predicted molar refractivity (Wildman–Crippen MR) is 148 cm³/mol. The standard InChI is InChI=1S/C28H30N6O3S/c35-27(21-6-7-23-24(18-21)32-26(31-23)20-8-10-29-11-9-20)33-25(19-38-22-4-2-1-3-5-22)28(36)30-12-13-34-14-16-37-17-15-34/h1-11,18,25H,12-17,19H2,(H,30,36)(H,31,32)(H,33,35). The smallest absolute Gasteiger partial charge is 0.252 e. The van der Waals surface area contributed by atoms with Crippen molar-refractivity contribution in [3.8, 4) is 11.4 Å². The minimum Gasteiger partial charge on any atom is -0.379 e. The highest BCUT2D eigenvalue weighted by molar-refractivity contribution is 7.99. The number of nitrogens with one attached hydrogen (secondary N) is 3. The molecule has 4 aromatic rings. The van der Waals surface area contributed by atoms with Gasteiger partial charge in [0.05, 0.1) is 24.2 Å². The third-order valence-corrected chi connectivity index (χ3v) is 7.42. The predicted octanol–water partition coefficient (Wildman–Crippen LogP) is 2.96. The summed E-state index contributed by atoms with van der Waals surface area (Å²) in [6.07, 6.45) is 3.42. The number of hydrogen-bond donors (Lipinski definition) is 3. The fourth-order valence-corrected chi connectivity index (χ4v) is 5.15. The number of amides is 2. The first-order chi connectivity index (χ1) is 18.7. The highest BCUT2D eigenvalue weighted by Crippen LogP contribution is 2.21. The average Bonchev–Trinajstić information content (AvgIpc) is 3.40.